The molecule has 2 heterocycles. The Morgan fingerprint density at radius 3 is 2.48 bits per heavy atom. The minimum absolute atomic E-state index is 0.540. The average molecular weight is 389 g/mol. The van der Waals surface area contributed by atoms with Gasteiger partial charge >= 0.3 is 0 Å². The summed E-state index contributed by atoms with van der Waals surface area (Å²) in [6, 6.07) is 16.1. The van der Waals surface area contributed by atoms with Gasteiger partial charge in [0.1, 0.15) is 0 Å². The molecule has 0 saturated carbocycles. The Morgan fingerprint density at radius 2 is 1.83 bits per heavy atom. The van der Waals surface area contributed by atoms with Crippen LogP contribution >= 0.6 is 0 Å². The number of hydrogen-bond acceptors (Lipinski definition) is 4. The SMILES string of the molecule is CNc1ccc2c(c1)c(C(O)CN1CCCCC1)c(C)n2-c1ccc(C#N)cc1. The molecule has 1 aliphatic rings. The van der Waals surface area contributed by atoms with Gasteiger partial charge in [-0.2, -0.15) is 5.26 Å². The van der Waals surface area contributed by atoms with Crippen LogP contribution in [0.1, 0.15) is 42.2 Å². The molecule has 4 rings (SSSR count). The highest BCUT2D eigenvalue weighted by Crippen LogP contribution is 2.35. The first-order valence-corrected chi connectivity index (χ1v) is 10.4. The molecular weight excluding hydrogens is 360 g/mol. The van der Waals surface area contributed by atoms with Gasteiger partial charge in [-0.15, -0.1) is 0 Å². The minimum atomic E-state index is -0.540. The zero-order valence-electron chi connectivity index (χ0n) is 17.2. The molecule has 0 aliphatic carbocycles. The number of fused-ring (bicyclic) bond motifs is 1. The summed E-state index contributed by atoms with van der Waals surface area (Å²) in [6.45, 7) is 4.86. The number of anilines is 1. The molecule has 2 aromatic carbocycles. The molecule has 5 heteroatoms. The number of rotatable bonds is 5. The van der Waals surface area contributed by atoms with Crippen LogP contribution in [0.3, 0.4) is 0 Å². The van der Waals surface area contributed by atoms with Gasteiger partial charge in [-0.25, -0.2) is 0 Å². The molecule has 29 heavy (non-hydrogen) atoms. The topological polar surface area (TPSA) is 64.2 Å². The fourth-order valence-corrected chi connectivity index (χ4v) is 4.51. The van der Waals surface area contributed by atoms with Crippen molar-refractivity contribution in [1.82, 2.24) is 9.47 Å². The van der Waals surface area contributed by atoms with Crippen LogP contribution in [0.5, 0.6) is 0 Å². The van der Waals surface area contributed by atoms with E-state index in [4.69, 9.17) is 5.26 Å². The number of nitrogens with zero attached hydrogens (tertiary/aromatic N) is 3. The molecule has 1 fully saturated rings. The Morgan fingerprint density at radius 1 is 1.10 bits per heavy atom. The predicted molar refractivity (Wildman–Crippen MR) is 118 cm³/mol. The number of β-amino-alcohol motifs (C(OH)–C–C–N with tert-alkyl or cyclic N) is 1. The zero-order chi connectivity index (χ0) is 20.4. The largest absolute Gasteiger partial charge is 0.388 e. The second kappa shape index (κ2) is 8.28. The third-order valence-corrected chi connectivity index (χ3v) is 6.01. The number of aromatic nitrogens is 1. The van der Waals surface area contributed by atoms with Crippen molar-refractivity contribution in [2.24, 2.45) is 0 Å². The second-order valence-corrected chi connectivity index (χ2v) is 7.85. The lowest BCUT2D eigenvalue weighted by atomic mass is 10.0. The van der Waals surface area contributed by atoms with Crippen molar-refractivity contribution in [2.75, 3.05) is 32.0 Å². The van der Waals surface area contributed by atoms with E-state index in [-0.39, 0.29) is 0 Å². The molecule has 2 N–H and O–H groups in total. The van der Waals surface area contributed by atoms with Crippen LogP contribution in [0.15, 0.2) is 42.5 Å². The van der Waals surface area contributed by atoms with Crippen LogP contribution in [-0.2, 0) is 0 Å². The van der Waals surface area contributed by atoms with Gasteiger partial charge in [0.25, 0.3) is 0 Å². The van der Waals surface area contributed by atoms with Crippen molar-refractivity contribution in [3.63, 3.8) is 0 Å². The number of aliphatic hydroxyl groups is 1. The lowest BCUT2D eigenvalue weighted by Crippen LogP contribution is -2.33. The standard InChI is InChI=1S/C24H28N4O/c1-17-24(23(29)16-27-12-4-3-5-13-27)21-14-19(26-2)8-11-22(21)28(17)20-9-6-18(15-25)7-10-20/h6-11,14,23,26,29H,3-5,12-13,16H2,1-2H3. The molecule has 1 aliphatic heterocycles. The van der Waals surface area contributed by atoms with E-state index < -0.39 is 6.10 Å². The number of piperidine rings is 1. The van der Waals surface area contributed by atoms with E-state index in [2.05, 4.69) is 46.0 Å². The number of likely N-dealkylation sites (tertiary alicyclic amines) is 1. The van der Waals surface area contributed by atoms with Gasteiger partial charge in [-0.1, -0.05) is 6.42 Å². The van der Waals surface area contributed by atoms with Crippen LogP contribution in [0, 0.1) is 18.3 Å². The van der Waals surface area contributed by atoms with E-state index in [1.165, 1.54) is 19.3 Å². The number of hydrogen-bond donors (Lipinski definition) is 2. The second-order valence-electron chi connectivity index (χ2n) is 7.85. The van der Waals surface area contributed by atoms with E-state index in [1.54, 1.807) is 0 Å². The smallest absolute Gasteiger partial charge is 0.0991 e. The van der Waals surface area contributed by atoms with E-state index in [0.717, 1.165) is 46.6 Å². The monoisotopic (exact) mass is 388 g/mol. The third-order valence-electron chi connectivity index (χ3n) is 6.01. The van der Waals surface area contributed by atoms with Gasteiger partial charge in [0, 0.05) is 41.6 Å². The first-order valence-electron chi connectivity index (χ1n) is 10.4. The maximum Gasteiger partial charge on any atom is 0.0991 e. The molecule has 3 aromatic rings. The first-order chi connectivity index (χ1) is 14.1. The van der Waals surface area contributed by atoms with Crippen molar-refractivity contribution in [1.29, 1.82) is 5.26 Å². The summed E-state index contributed by atoms with van der Waals surface area (Å²) in [5, 5.41) is 24.6. The van der Waals surface area contributed by atoms with Crippen LogP contribution in [0.4, 0.5) is 5.69 Å². The number of nitriles is 1. The summed E-state index contributed by atoms with van der Waals surface area (Å²) >= 11 is 0. The van der Waals surface area contributed by atoms with E-state index in [1.807, 2.05) is 31.3 Å². The fourth-order valence-electron chi connectivity index (χ4n) is 4.51. The Labute approximate surface area is 172 Å². The van der Waals surface area contributed by atoms with Crippen molar-refractivity contribution in [2.45, 2.75) is 32.3 Å². The highest BCUT2D eigenvalue weighted by Gasteiger charge is 2.24. The quantitative estimate of drug-likeness (QED) is 0.681. The first kappa shape index (κ1) is 19.5. The maximum absolute atomic E-state index is 11.2. The molecule has 1 aromatic heterocycles. The summed E-state index contributed by atoms with van der Waals surface area (Å²) in [5.41, 5.74) is 5.78. The molecule has 1 unspecified atom stereocenters. The molecule has 0 spiro atoms. The Kier molecular flexibility index (Phi) is 5.57. The van der Waals surface area contributed by atoms with Crippen molar-refractivity contribution < 1.29 is 5.11 Å². The summed E-state index contributed by atoms with van der Waals surface area (Å²) in [4.78, 5) is 2.38. The van der Waals surface area contributed by atoms with Crippen LogP contribution < -0.4 is 5.32 Å². The predicted octanol–water partition coefficient (Wildman–Crippen LogP) is 4.37. The summed E-state index contributed by atoms with van der Waals surface area (Å²) < 4.78 is 2.19. The van der Waals surface area contributed by atoms with E-state index >= 15 is 0 Å². The van der Waals surface area contributed by atoms with Crippen LogP contribution in [0.25, 0.3) is 16.6 Å². The number of nitrogens with one attached hydrogen (secondary N) is 1. The van der Waals surface area contributed by atoms with Crippen molar-refractivity contribution in [3.05, 3.63) is 59.3 Å². The van der Waals surface area contributed by atoms with Gasteiger partial charge in [0.05, 0.1) is 23.3 Å². The maximum atomic E-state index is 11.2. The van der Waals surface area contributed by atoms with Crippen LogP contribution in [-0.4, -0.2) is 41.3 Å². The average Bonchev–Trinajstić information content (AvgIpc) is 3.05. The van der Waals surface area contributed by atoms with Gasteiger partial charge < -0.3 is 19.9 Å². The van der Waals surface area contributed by atoms with Gasteiger partial charge in [0.2, 0.25) is 0 Å². The molecule has 0 amide bonds. The van der Waals surface area contributed by atoms with E-state index in [9.17, 15) is 5.11 Å². The molecule has 0 bridgehead atoms. The van der Waals surface area contributed by atoms with Gasteiger partial charge in [-0.05, 0) is 75.3 Å². The third kappa shape index (κ3) is 3.74. The molecule has 1 atom stereocenters. The number of benzene rings is 2. The Balaban J connectivity index is 1.81. The lowest BCUT2D eigenvalue weighted by molar-refractivity contribution is 0.102. The van der Waals surface area contributed by atoms with Gasteiger partial charge in [-0.3, -0.25) is 0 Å². The highest BCUT2D eigenvalue weighted by atomic mass is 16.3. The molecule has 0 radical (unpaired) electrons. The zero-order valence-corrected chi connectivity index (χ0v) is 17.2. The van der Waals surface area contributed by atoms with Crippen molar-refractivity contribution in [3.8, 4) is 11.8 Å². The van der Waals surface area contributed by atoms with Crippen LogP contribution in [0.2, 0.25) is 0 Å². The molecule has 150 valence electrons. The van der Waals surface area contributed by atoms with Crippen molar-refractivity contribution >= 4 is 16.6 Å². The molecule has 5 nitrogen and oxygen atoms in total. The fraction of sp³-hybridized carbons (Fsp3) is 0.375. The Bertz CT molecular complexity index is 1040. The number of aliphatic hydroxyl groups excluding tert-OH is 1. The minimum Gasteiger partial charge on any atom is -0.388 e. The summed E-state index contributed by atoms with van der Waals surface area (Å²) in [6.07, 6.45) is 3.17. The lowest BCUT2D eigenvalue weighted by Gasteiger charge is -2.28. The van der Waals surface area contributed by atoms with E-state index in [0.29, 0.717) is 12.1 Å². The van der Waals surface area contributed by atoms with Gasteiger partial charge in [0.15, 0.2) is 0 Å². The normalized spacial score (nSPS) is 15.9. The Hall–Kier alpha value is -2.81. The summed E-state index contributed by atoms with van der Waals surface area (Å²) in [5.74, 6) is 0. The highest BCUT2D eigenvalue weighted by molar-refractivity contribution is 5.90. The summed E-state index contributed by atoms with van der Waals surface area (Å²) in [7, 11) is 1.91. The molecular formula is C24H28N4O. The molecule has 1 saturated heterocycles.